The highest BCUT2D eigenvalue weighted by atomic mass is 32.2. The van der Waals surface area contributed by atoms with Gasteiger partial charge < -0.3 is 15.2 Å². The summed E-state index contributed by atoms with van der Waals surface area (Å²) >= 11 is 0. The second-order valence-electron chi connectivity index (χ2n) is 8.00. The summed E-state index contributed by atoms with van der Waals surface area (Å²) in [6, 6.07) is 19.6. The number of methoxy groups -OCH3 is 1. The summed E-state index contributed by atoms with van der Waals surface area (Å²) in [6.45, 7) is 0.958. The Bertz CT molecular complexity index is 1360. The first kappa shape index (κ1) is 27.4. The van der Waals surface area contributed by atoms with Crippen LogP contribution in [-0.2, 0) is 26.0 Å². The third kappa shape index (κ3) is 7.89. The quantitative estimate of drug-likeness (QED) is 0.261. The largest absolute Gasteiger partial charge is 0.504 e. The standard InChI is InChI=1S/C26H28N4O6S/c1-19(31)28-22-9-11-23(12-10-22)37(34,35)30(15-14-20-6-4-3-5-7-20)18-26(33)29-27-17-21-8-13-24(32)25(16-21)36-2/h3-13,16-17,32H,14-15,18H2,1-2H3,(H,28,31)(H,29,33)/b27-17-. The van der Waals surface area contributed by atoms with E-state index in [1.807, 2.05) is 30.3 Å². The molecule has 3 aromatic carbocycles. The third-order valence-corrected chi connectivity index (χ3v) is 7.09. The molecule has 3 N–H and O–H groups in total. The van der Waals surface area contributed by atoms with Crippen LogP contribution >= 0.6 is 0 Å². The van der Waals surface area contributed by atoms with Gasteiger partial charge in [-0.2, -0.15) is 9.41 Å². The SMILES string of the molecule is COc1cc(/C=N\NC(=O)CN(CCc2ccccc2)S(=O)(=O)c2ccc(NC(C)=O)cc2)ccc1O. The lowest BCUT2D eigenvalue weighted by Crippen LogP contribution is -2.40. The predicted molar refractivity (Wildman–Crippen MR) is 140 cm³/mol. The number of carbonyl (C=O) groups excluding carboxylic acids is 2. The lowest BCUT2D eigenvalue weighted by molar-refractivity contribution is -0.121. The van der Waals surface area contributed by atoms with Crippen LogP contribution in [0.2, 0.25) is 0 Å². The molecule has 0 unspecified atom stereocenters. The van der Waals surface area contributed by atoms with E-state index in [9.17, 15) is 23.1 Å². The monoisotopic (exact) mass is 524 g/mol. The first-order valence-corrected chi connectivity index (χ1v) is 12.7. The van der Waals surface area contributed by atoms with Gasteiger partial charge in [0, 0.05) is 19.2 Å². The van der Waals surface area contributed by atoms with Gasteiger partial charge in [0.25, 0.3) is 5.91 Å². The van der Waals surface area contributed by atoms with Gasteiger partial charge in [-0.25, -0.2) is 13.8 Å². The maximum absolute atomic E-state index is 13.4. The first-order chi connectivity index (χ1) is 17.7. The van der Waals surface area contributed by atoms with Crippen molar-refractivity contribution in [3.63, 3.8) is 0 Å². The van der Waals surface area contributed by atoms with Crippen molar-refractivity contribution in [3.05, 3.63) is 83.9 Å². The Balaban J connectivity index is 1.75. The van der Waals surface area contributed by atoms with Crippen molar-refractivity contribution in [2.75, 3.05) is 25.5 Å². The number of carbonyl (C=O) groups is 2. The van der Waals surface area contributed by atoms with Crippen LogP contribution in [0, 0.1) is 0 Å². The van der Waals surface area contributed by atoms with E-state index in [4.69, 9.17) is 4.74 Å². The number of hydrogen-bond acceptors (Lipinski definition) is 7. The number of hydrazone groups is 1. The van der Waals surface area contributed by atoms with E-state index < -0.39 is 22.5 Å². The molecule has 0 aliphatic rings. The number of phenols is 1. The van der Waals surface area contributed by atoms with Gasteiger partial charge >= 0.3 is 0 Å². The summed E-state index contributed by atoms with van der Waals surface area (Å²) in [5.41, 5.74) is 4.28. The van der Waals surface area contributed by atoms with Crippen molar-refractivity contribution in [1.29, 1.82) is 0 Å². The molecule has 0 radical (unpaired) electrons. The Labute approximate surface area is 215 Å². The molecule has 0 atom stereocenters. The van der Waals surface area contributed by atoms with Gasteiger partial charge in [-0.1, -0.05) is 30.3 Å². The van der Waals surface area contributed by atoms with Crippen LogP contribution in [-0.4, -0.2) is 56.1 Å². The average molecular weight is 525 g/mol. The number of benzene rings is 3. The fourth-order valence-corrected chi connectivity index (χ4v) is 4.79. The molecule has 0 heterocycles. The third-order valence-electron chi connectivity index (χ3n) is 5.23. The van der Waals surface area contributed by atoms with E-state index in [-0.39, 0.29) is 28.8 Å². The molecule has 0 bridgehead atoms. The summed E-state index contributed by atoms with van der Waals surface area (Å²) in [5, 5.41) is 16.2. The molecule has 0 aliphatic carbocycles. The molecule has 3 aromatic rings. The predicted octanol–water partition coefficient (Wildman–Crippen LogP) is 2.74. The minimum atomic E-state index is -4.04. The fraction of sp³-hybridized carbons (Fsp3) is 0.192. The highest BCUT2D eigenvalue weighted by Gasteiger charge is 2.26. The van der Waals surface area contributed by atoms with Crippen molar-refractivity contribution in [1.82, 2.24) is 9.73 Å². The number of phenolic OH excluding ortho intramolecular Hbond substituents is 1. The summed E-state index contributed by atoms with van der Waals surface area (Å²) in [4.78, 5) is 23.9. The number of ether oxygens (including phenoxy) is 1. The Morgan fingerprint density at radius 2 is 1.76 bits per heavy atom. The zero-order chi connectivity index (χ0) is 26.8. The molecule has 0 fully saturated rings. The van der Waals surface area contributed by atoms with Gasteiger partial charge in [0.1, 0.15) is 0 Å². The van der Waals surface area contributed by atoms with Crippen LogP contribution < -0.4 is 15.5 Å². The molecular formula is C26H28N4O6S. The first-order valence-electron chi connectivity index (χ1n) is 11.3. The van der Waals surface area contributed by atoms with Gasteiger partial charge in [0.2, 0.25) is 15.9 Å². The highest BCUT2D eigenvalue weighted by molar-refractivity contribution is 7.89. The molecule has 0 aliphatic heterocycles. The van der Waals surface area contributed by atoms with E-state index in [1.165, 1.54) is 56.6 Å². The highest BCUT2D eigenvalue weighted by Crippen LogP contribution is 2.25. The zero-order valence-electron chi connectivity index (χ0n) is 20.4. The number of aromatic hydroxyl groups is 1. The van der Waals surface area contributed by atoms with Crippen molar-refractivity contribution in [3.8, 4) is 11.5 Å². The topological polar surface area (TPSA) is 137 Å². The number of rotatable bonds is 11. The number of nitrogens with zero attached hydrogens (tertiary/aromatic N) is 2. The Morgan fingerprint density at radius 3 is 2.41 bits per heavy atom. The molecule has 194 valence electrons. The van der Waals surface area contributed by atoms with E-state index in [2.05, 4.69) is 15.8 Å². The zero-order valence-corrected chi connectivity index (χ0v) is 21.2. The Kier molecular flexibility index (Phi) is 9.36. The minimum absolute atomic E-state index is 0.0119. The Hall–Kier alpha value is -4.22. The number of sulfonamides is 1. The van der Waals surface area contributed by atoms with Crippen LogP contribution in [0.15, 0.2) is 82.8 Å². The fourth-order valence-electron chi connectivity index (χ4n) is 3.39. The van der Waals surface area contributed by atoms with E-state index in [0.717, 1.165) is 9.87 Å². The van der Waals surface area contributed by atoms with E-state index in [1.54, 1.807) is 6.07 Å². The molecule has 10 nitrogen and oxygen atoms in total. The summed E-state index contributed by atoms with van der Waals surface area (Å²) in [7, 11) is -2.63. The van der Waals surface area contributed by atoms with Gasteiger partial charge in [0.15, 0.2) is 11.5 Å². The molecule has 0 saturated heterocycles. The molecule has 0 aromatic heterocycles. The molecule has 0 spiro atoms. The number of hydrogen-bond donors (Lipinski definition) is 3. The van der Waals surface area contributed by atoms with Gasteiger partial charge in [-0.15, -0.1) is 0 Å². The van der Waals surface area contributed by atoms with Gasteiger partial charge in [0.05, 0.1) is 24.8 Å². The summed E-state index contributed by atoms with van der Waals surface area (Å²) in [5.74, 6) is -0.692. The van der Waals surface area contributed by atoms with Crippen LogP contribution in [0.1, 0.15) is 18.1 Å². The molecule has 3 rings (SSSR count). The molecule has 11 heteroatoms. The molecule has 37 heavy (non-hydrogen) atoms. The van der Waals surface area contributed by atoms with Crippen LogP contribution in [0.3, 0.4) is 0 Å². The Morgan fingerprint density at radius 1 is 1.05 bits per heavy atom. The molecule has 2 amide bonds. The number of anilines is 1. The van der Waals surface area contributed by atoms with Crippen molar-refractivity contribution in [2.24, 2.45) is 5.10 Å². The second-order valence-corrected chi connectivity index (χ2v) is 9.94. The van der Waals surface area contributed by atoms with E-state index in [0.29, 0.717) is 17.7 Å². The van der Waals surface area contributed by atoms with Crippen LogP contribution in [0.5, 0.6) is 11.5 Å². The van der Waals surface area contributed by atoms with Crippen LogP contribution in [0.4, 0.5) is 5.69 Å². The summed E-state index contributed by atoms with van der Waals surface area (Å²) < 4.78 is 32.9. The molecule has 0 saturated carbocycles. The molecular weight excluding hydrogens is 496 g/mol. The van der Waals surface area contributed by atoms with E-state index >= 15 is 0 Å². The second kappa shape index (κ2) is 12.7. The van der Waals surface area contributed by atoms with Crippen molar-refractivity contribution < 1.29 is 27.9 Å². The van der Waals surface area contributed by atoms with Crippen molar-refractivity contribution in [2.45, 2.75) is 18.2 Å². The normalized spacial score (nSPS) is 11.4. The lowest BCUT2D eigenvalue weighted by atomic mass is 10.1. The van der Waals surface area contributed by atoms with Gasteiger partial charge in [-0.3, -0.25) is 9.59 Å². The lowest BCUT2D eigenvalue weighted by Gasteiger charge is -2.21. The average Bonchev–Trinajstić information content (AvgIpc) is 2.88. The number of amides is 2. The summed E-state index contributed by atoms with van der Waals surface area (Å²) in [6.07, 6.45) is 1.75. The maximum Gasteiger partial charge on any atom is 0.255 e. The number of nitrogens with one attached hydrogen (secondary N) is 2. The van der Waals surface area contributed by atoms with Crippen LogP contribution in [0.25, 0.3) is 0 Å². The smallest absolute Gasteiger partial charge is 0.255 e. The van der Waals surface area contributed by atoms with Gasteiger partial charge in [-0.05, 0) is 60.0 Å². The van der Waals surface area contributed by atoms with Crippen molar-refractivity contribution >= 4 is 33.7 Å². The maximum atomic E-state index is 13.4. The minimum Gasteiger partial charge on any atom is -0.504 e.